The summed E-state index contributed by atoms with van der Waals surface area (Å²) in [4.78, 5) is 2.69. The van der Waals surface area contributed by atoms with Crippen LogP contribution in [-0.2, 0) is 4.74 Å². The maximum absolute atomic E-state index is 5.68. The van der Waals surface area contributed by atoms with E-state index in [0.717, 1.165) is 18.6 Å². The summed E-state index contributed by atoms with van der Waals surface area (Å²) in [7, 11) is 0. The SMILES string of the molecule is C1CC2CN(C3CC3)CCC2O1. The van der Waals surface area contributed by atoms with E-state index in [2.05, 4.69) is 4.90 Å². The monoisotopic (exact) mass is 167 g/mol. The molecule has 0 aromatic rings. The summed E-state index contributed by atoms with van der Waals surface area (Å²) >= 11 is 0. The second kappa shape index (κ2) is 2.71. The topological polar surface area (TPSA) is 12.5 Å². The fraction of sp³-hybridized carbons (Fsp3) is 1.00. The summed E-state index contributed by atoms with van der Waals surface area (Å²) < 4.78 is 5.68. The highest BCUT2D eigenvalue weighted by molar-refractivity contribution is 4.92. The molecule has 68 valence electrons. The zero-order valence-corrected chi connectivity index (χ0v) is 7.54. The van der Waals surface area contributed by atoms with Gasteiger partial charge in [0.1, 0.15) is 0 Å². The van der Waals surface area contributed by atoms with E-state index in [1.165, 1.54) is 38.8 Å². The largest absolute Gasteiger partial charge is 0.378 e. The molecule has 2 unspecified atom stereocenters. The third-order valence-electron chi connectivity index (χ3n) is 3.58. The van der Waals surface area contributed by atoms with E-state index >= 15 is 0 Å². The normalized spacial score (nSPS) is 43.0. The second-order valence-electron chi connectivity index (χ2n) is 4.47. The molecule has 0 spiro atoms. The third-order valence-corrected chi connectivity index (χ3v) is 3.58. The molecule has 0 bridgehead atoms. The van der Waals surface area contributed by atoms with Crippen molar-refractivity contribution in [2.45, 2.75) is 37.8 Å². The van der Waals surface area contributed by atoms with Crippen molar-refractivity contribution in [2.75, 3.05) is 19.7 Å². The number of fused-ring (bicyclic) bond motifs is 1. The summed E-state index contributed by atoms with van der Waals surface area (Å²) in [6, 6.07) is 0.964. The second-order valence-corrected chi connectivity index (χ2v) is 4.47. The Morgan fingerprint density at radius 1 is 1.08 bits per heavy atom. The standard InChI is InChI=1S/C10H17NO/c1-2-9(1)11-5-3-10-8(7-11)4-6-12-10/h8-10H,1-7H2. The minimum Gasteiger partial charge on any atom is -0.378 e. The van der Waals surface area contributed by atoms with Crippen molar-refractivity contribution in [1.29, 1.82) is 0 Å². The van der Waals surface area contributed by atoms with Crippen LogP contribution >= 0.6 is 0 Å². The van der Waals surface area contributed by atoms with Gasteiger partial charge in [0.2, 0.25) is 0 Å². The zero-order chi connectivity index (χ0) is 7.97. The number of hydrogen-bond donors (Lipinski definition) is 0. The van der Waals surface area contributed by atoms with Crippen LogP contribution in [0.2, 0.25) is 0 Å². The highest BCUT2D eigenvalue weighted by atomic mass is 16.5. The van der Waals surface area contributed by atoms with Gasteiger partial charge >= 0.3 is 0 Å². The molecule has 2 aliphatic heterocycles. The molecule has 0 aromatic carbocycles. The Bertz CT molecular complexity index is 179. The van der Waals surface area contributed by atoms with Crippen molar-refractivity contribution in [1.82, 2.24) is 4.90 Å². The van der Waals surface area contributed by atoms with Crippen molar-refractivity contribution in [3.8, 4) is 0 Å². The average molecular weight is 167 g/mol. The Morgan fingerprint density at radius 2 is 2.00 bits per heavy atom. The zero-order valence-electron chi connectivity index (χ0n) is 7.54. The molecule has 1 saturated carbocycles. The molecule has 0 N–H and O–H groups in total. The van der Waals surface area contributed by atoms with Crippen LogP contribution in [0.5, 0.6) is 0 Å². The molecule has 0 amide bonds. The molecule has 2 atom stereocenters. The van der Waals surface area contributed by atoms with Gasteiger partial charge in [-0.05, 0) is 25.7 Å². The molecule has 3 fully saturated rings. The van der Waals surface area contributed by atoms with Crippen LogP contribution in [0.25, 0.3) is 0 Å². The summed E-state index contributed by atoms with van der Waals surface area (Å²) in [5.41, 5.74) is 0. The molecule has 2 heterocycles. The summed E-state index contributed by atoms with van der Waals surface area (Å²) in [5, 5.41) is 0. The van der Waals surface area contributed by atoms with Gasteiger partial charge < -0.3 is 4.74 Å². The highest BCUT2D eigenvalue weighted by Gasteiger charge is 2.38. The van der Waals surface area contributed by atoms with Crippen molar-refractivity contribution >= 4 is 0 Å². The lowest BCUT2D eigenvalue weighted by Gasteiger charge is -2.34. The Kier molecular flexibility index (Phi) is 1.66. The Hall–Kier alpha value is -0.0800. The molecule has 3 aliphatic rings. The smallest absolute Gasteiger partial charge is 0.0628 e. The predicted molar refractivity (Wildman–Crippen MR) is 47.1 cm³/mol. The molecule has 1 aliphatic carbocycles. The van der Waals surface area contributed by atoms with Crippen molar-refractivity contribution < 1.29 is 4.74 Å². The maximum atomic E-state index is 5.68. The quantitative estimate of drug-likeness (QED) is 0.583. The molecule has 12 heavy (non-hydrogen) atoms. The van der Waals surface area contributed by atoms with Crippen LogP contribution < -0.4 is 0 Å². The molecule has 0 aromatic heterocycles. The number of ether oxygens (including phenoxy) is 1. The lowest BCUT2D eigenvalue weighted by atomic mass is 9.94. The maximum Gasteiger partial charge on any atom is 0.0628 e. The fourth-order valence-corrected chi connectivity index (χ4v) is 2.68. The highest BCUT2D eigenvalue weighted by Crippen LogP contribution is 2.35. The Balaban J connectivity index is 1.64. The predicted octanol–water partition coefficient (Wildman–Crippen LogP) is 1.26. The lowest BCUT2D eigenvalue weighted by molar-refractivity contribution is 0.0327. The molecule has 2 heteroatoms. The number of rotatable bonds is 1. The van der Waals surface area contributed by atoms with Crippen LogP contribution in [0.4, 0.5) is 0 Å². The summed E-state index contributed by atoms with van der Waals surface area (Å²) in [6.45, 7) is 3.65. The van der Waals surface area contributed by atoms with Gasteiger partial charge in [-0.3, -0.25) is 4.90 Å². The number of nitrogens with zero attached hydrogens (tertiary/aromatic N) is 1. The van der Waals surface area contributed by atoms with Gasteiger partial charge in [0.25, 0.3) is 0 Å². The summed E-state index contributed by atoms with van der Waals surface area (Å²) in [6.07, 6.45) is 6.14. The van der Waals surface area contributed by atoms with Crippen LogP contribution in [0.3, 0.4) is 0 Å². The van der Waals surface area contributed by atoms with Gasteiger partial charge in [-0.15, -0.1) is 0 Å². The van der Waals surface area contributed by atoms with Gasteiger partial charge in [0.15, 0.2) is 0 Å². The first-order valence-electron chi connectivity index (χ1n) is 5.29. The van der Waals surface area contributed by atoms with Crippen LogP contribution in [0.1, 0.15) is 25.7 Å². The molecular weight excluding hydrogens is 150 g/mol. The minimum absolute atomic E-state index is 0.625. The Morgan fingerprint density at radius 3 is 2.83 bits per heavy atom. The number of hydrogen-bond acceptors (Lipinski definition) is 2. The Labute approximate surface area is 73.9 Å². The average Bonchev–Trinajstić information content (AvgIpc) is 2.84. The summed E-state index contributed by atoms with van der Waals surface area (Å²) in [5.74, 6) is 0.874. The van der Waals surface area contributed by atoms with Crippen LogP contribution in [-0.4, -0.2) is 36.7 Å². The first-order valence-corrected chi connectivity index (χ1v) is 5.29. The first kappa shape index (κ1) is 7.34. The van der Waals surface area contributed by atoms with Gasteiger partial charge in [-0.2, -0.15) is 0 Å². The van der Waals surface area contributed by atoms with Gasteiger partial charge in [-0.25, -0.2) is 0 Å². The van der Waals surface area contributed by atoms with E-state index in [4.69, 9.17) is 4.74 Å². The van der Waals surface area contributed by atoms with E-state index in [1.54, 1.807) is 0 Å². The van der Waals surface area contributed by atoms with E-state index < -0.39 is 0 Å². The van der Waals surface area contributed by atoms with Crippen molar-refractivity contribution in [3.05, 3.63) is 0 Å². The molecule has 3 rings (SSSR count). The fourth-order valence-electron chi connectivity index (χ4n) is 2.68. The molecule has 2 nitrogen and oxygen atoms in total. The van der Waals surface area contributed by atoms with E-state index in [-0.39, 0.29) is 0 Å². The molecular formula is C10H17NO. The van der Waals surface area contributed by atoms with E-state index in [9.17, 15) is 0 Å². The van der Waals surface area contributed by atoms with Gasteiger partial charge in [-0.1, -0.05) is 0 Å². The third kappa shape index (κ3) is 1.17. The van der Waals surface area contributed by atoms with E-state index in [1.807, 2.05) is 0 Å². The number of piperidine rings is 1. The minimum atomic E-state index is 0.625. The van der Waals surface area contributed by atoms with Crippen molar-refractivity contribution in [2.24, 2.45) is 5.92 Å². The van der Waals surface area contributed by atoms with Crippen LogP contribution in [0, 0.1) is 5.92 Å². The van der Waals surface area contributed by atoms with Gasteiger partial charge in [0, 0.05) is 31.7 Å². The van der Waals surface area contributed by atoms with Gasteiger partial charge in [0.05, 0.1) is 6.10 Å². The first-order chi connectivity index (χ1) is 5.93. The van der Waals surface area contributed by atoms with Crippen LogP contribution in [0.15, 0.2) is 0 Å². The van der Waals surface area contributed by atoms with Crippen molar-refractivity contribution in [3.63, 3.8) is 0 Å². The van der Waals surface area contributed by atoms with E-state index in [0.29, 0.717) is 6.10 Å². The molecule has 0 radical (unpaired) electrons. The molecule has 2 saturated heterocycles. The lowest BCUT2D eigenvalue weighted by Crippen LogP contribution is -2.42. The number of likely N-dealkylation sites (tertiary alicyclic amines) is 1.